The van der Waals surface area contributed by atoms with Crippen molar-refractivity contribution in [2.45, 2.75) is 57.2 Å². The molecule has 0 unspecified atom stereocenters. The topological polar surface area (TPSA) is 59.4 Å². The van der Waals surface area contributed by atoms with Crippen molar-refractivity contribution < 1.29 is 35.9 Å². The van der Waals surface area contributed by atoms with Crippen LogP contribution < -0.4 is 5.32 Å². The maximum Gasteiger partial charge on any atom is 0.416 e. The molecule has 0 aliphatic carbocycles. The molecule has 0 saturated carbocycles. The van der Waals surface area contributed by atoms with E-state index in [1.807, 2.05) is 66.1 Å². The minimum absolute atomic E-state index is 0.0338. The lowest BCUT2D eigenvalue weighted by Gasteiger charge is -2.40. The summed E-state index contributed by atoms with van der Waals surface area (Å²) < 4.78 is 88.9. The number of piperidine rings is 1. The van der Waals surface area contributed by atoms with Crippen molar-refractivity contribution in [2.75, 3.05) is 25.1 Å². The molecule has 2 heterocycles. The van der Waals surface area contributed by atoms with Crippen molar-refractivity contribution in [3.63, 3.8) is 0 Å². The smallest absolute Gasteiger partial charge is 0.380 e. The lowest BCUT2D eigenvalue weighted by atomic mass is 9.91. The van der Waals surface area contributed by atoms with Gasteiger partial charge in [0.15, 0.2) is 0 Å². The average Bonchev–Trinajstić information content (AvgIpc) is 3.33. The van der Waals surface area contributed by atoms with Gasteiger partial charge in [-0.25, -0.2) is 4.98 Å². The Morgan fingerprint density at radius 3 is 2.27 bits per heavy atom. The monoisotopic (exact) mass is 618 g/mol. The highest BCUT2D eigenvalue weighted by atomic mass is 19.4. The number of ether oxygens (including phenoxy) is 1. The Hall–Kier alpha value is -4.06. The van der Waals surface area contributed by atoms with Gasteiger partial charge in [0.1, 0.15) is 0 Å². The average molecular weight is 619 g/mol. The number of carbonyl (C=O) groups is 1. The molecule has 44 heavy (non-hydrogen) atoms. The molecule has 1 saturated heterocycles. The second-order valence-electron chi connectivity index (χ2n) is 10.8. The summed E-state index contributed by atoms with van der Waals surface area (Å²) >= 11 is 0. The van der Waals surface area contributed by atoms with Crippen LogP contribution in [0.15, 0.2) is 72.8 Å². The van der Waals surface area contributed by atoms with Gasteiger partial charge in [-0.1, -0.05) is 42.5 Å². The number of amides is 1. The number of hydrogen-bond donors (Lipinski definition) is 1. The summed E-state index contributed by atoms with van der Waals surface area (Å²) in [6.45, 7) is 3.64. The summed E-state index contributed by atoms with van der Waals surface area (Å²) in [5, 5.41) is 3.50. The Labute approximate surface area is 250 Å². The van der Waals surface area contributed by atoms with E-state index in [1.54, 1.807) is 0 Å². The van der Waals surface area contributed by atoms with Gasteiger partial charge in [-0.3, -0.25) is 4.79 Å². The molecular weight excluding hydrogens is 586 g/mol. The number of nitrogens with one attached hydrogen (secondary N) is 1. The second-order valence-corrected chi connectivity index (χ2v) is 10.8. The zero-order valence-electron chi connectivity index (χ0n) is 24.0. The number of hydrogen-bond acceptors (Lipinski definition) is 4. The maximum atomic E-state index is 13.7. The van der Waals surface area contributed by atoms with Gasteiger partial charge in [0, 0.05) is 37.3 Å². The van der Waals surface area contributed by atoms with E-state index in [1.165, 1.54) is 4.90 Å². The molecule has 0 bridgehead atoms. The number of halogens is 6. The number of anilines is 1. The molecule has 1 aliphatic rings. The van der Waals surface area contributed by atoms with Crippen LogP contribution in [0.5, 0.6) is 0 Å². The number of rotatable bonds is 9. The minimum Gasteiger partial charge on any atom is -0.380 e. The third-order valence-electron chi connectivity index (χ3n) is 7.78. The zero-order valence-corrected chi connectivity index (χ0v) is 24.0. The molecule has 234 valence electrons. The number of likely N-dealkylation sites (tertiary alicyclic amines) is 1. The molecule has 5 rings (SSSR count). The first-order valence-corrected chi connectivity index (χ1v) is 14.4. The van der Waals surface area contributed by atoms with E-state index in [0.717, 1.165) is 16.6 Å². The quantitative estimate of drug-likeness (QED) is 0.157. The summed E-state index contributed by atoms with van der Waals surface area (Å²) in [5.41, 5.74) is -1.07. The zero-order chi connectivity index (χ0) is 31.5. The van der Waals surface area contributed by atoms with Crippen LogP contribution in [0.3, 0.4) is 0 Å². The number of alkyl halides is 6. The first kappa shape index (κ1) is 31.4. The van der Waals surface area contributed by atoms with Crippen LogP contribution in [0, 0.1) is 0 Å². The fraction of sp³-hybridized carbons (Fsp3) is 0.375. The first-order chi connectivity index (χ1) is 20.9. The van der Waals surface area contributed by atoms with E-state index >= 15 is 0 Å². The Morgan fingerprint density at radius 2 is 1.61 bits per heavy atom. The van der Waals surface area contributed by atoms with Crippen LogP contribution in [0.4, 0.5) is 32.3 Å². The van der Waals surface area contributed by atoms with E-state index in [4.69, 9.17) is 9.72 Å². The molecule has 3 aromatic carbocycles. The van der Waals surface area contributed by atoms with Gasteiger partial charge in [-0.15, -0.1) is 0 Å². The van der Waals surface area contributed by atoms with Crippen LogP contribution in [-0.2, 0) is 30.1 Å². The van der Waals surface area contributed by atoms with Crippen LogP contribution in [0.25, 0.3) is 11.0 Å². The number of benzene rings is 3. The molecule has 4 aromatic rings. The standard InChI is InChI=1S/C32H32F6N4O2/c1-2-44-15-14-42-28-11-7-6-10-27(28)40-30(42)39-25-12-13-41(26(20-25)16-21-8-4-3-5-9-21)29(43)22-17-23(31(33,34)35)19-24(18-22)32(36,37)38/h3-11,17-19,25-26H,2,12-16,20H2,1H3,(H,39,40)/t25-,26+/m0/s1. The van der Waals surface area contributed by atoms with Gasteiger partial charge in [-0.05, 0) is 62.1 Å². The molecule has 0 radical (unpaired) electrons. The Bertz CT molecular complexity index is 1550. The fourth-order valence-electron chi connectivity index (χ4n) is 5.67. The van der Waals surface area contributed by atoms with E-state index in [-0.39, 0.29) is 18.7 Å². The summed E-state index contributed by atoms with van der Waals surface area (Å²) in [4.78, 5) is 19.8. The number of fused-ring (bicyclic) bond motifs is 1. The minimum atomic E-state index is -5.05. The van der Waals surface area contributed by atoms with Crippen LogP contribution in [0.1, 0.15) is 46.8 Å². The van der Waals surface area contributed by atoms with Crippen LogP contribution in [-0.4, -0.2) is 52.2 Å². The molecule has 1 fully saturated rings. The predicted octanol–water partition coefficient (Wildman–Crippen LogP) is 7.44. The number of para-hydroxylation sites is 2. The van der Waals surface area contributed by atoms with Gasteiger partial charge in [0.2, 0.25) is 5.95 Å². The van der Waals surface area contributed by atoms with Crippen LogP contribution in [0.2, 0.25) is 0 Å². The Morgan fingerprint density at radius 1 is 0.955 bits per heavy atom. The number of imidazole rings is 1. The highest BCUT2D eigenvalue weighted by Crippen LogP contribution is 2.37. The van der Waals surface area contributed by atoms with E-state index in [9.17, 15) is 31.1 Å². The molecule has 12 heteroatoms. The third kappa shape index (κ3) is 7.18. The van der Waals surface area contributed by atoms with Gasteiger partial charge in [0.25, 0.3) is 5.91 Å². The molecule has 1 aliphatic heterocycles. The van der Waals surface area contributed by atoms with Crippen LogP contribution >= 0.6 is 0 Å². The predicted molar refractivity (Wildman–Crippen MR) is 154 cm³/mol. The molecule has 1 N–H and O–H groups in total. The molecular formula is C32H32F6N4O2. The number of nitrogens with zero attached hydrogens (tertiary/aromatic N) is 3. The summed E-state index contributed by atoms with van der Waals surface area (Å²) in [6.07, 6.45) is -8.91. The van der Waals surface area contributed by atoms with Crippen molar-refractivity contribution in [1.29, 1.82) is 0 Å². The van der Waals surface area contributed by atoms with Crippen molar-refractivity contribution in [2.24, 2.45) is 0 Å². The Kier molecular flexibility index (Phi) is 9.19. The summed E-state index contributed by atoms with van der Waals surface area (Å²) in [6, 6.07) is 17.3. The Balaban J connectivity index is 1.44. The van der Waals surface area contributed by atoms with Crippen molar-refractivity contribution >= 4 is 22.9 Å². The van der Waals surface area contributed by atoms with E-state index in [0.29, 0.717) is 57.1 Å². The van der Waals surface area contributed by atoms with Gasteiger partial charge in [-0.2, -0.15) is 26.3 Å². The molecule has 0 spiro atoms. The van der Waals surface area contributed by atoms with Gasteiger partial charge < -0.3 is 19.5 Å². The summed E-state index contributed by atoms with van der Waals surface area (Å²) in [7, 11) is 0. The van der Waals surface area contributed by atoms with E-state index in [2.05, 4.69) is 5.32 Å². The fourth-order valence-corrected chi connectivity index (χ4v) is 5.67. The van der Waals surface area contributed by atoms with Crippen molar-refractivity contribution in [3.05, 3.63) is 95.1 Å². The highest BCUT2D eigenvalue weighted by Gasteiger charge is 2.39. The van der Waals surface area contributed by atoms with E-state index < -0.39 is 41.0 Å². The summed E-state index contributed by atoms with van der Waals surface area (Å²) in [5.74, 6) is -0.244. The second kappa shape index (κ2) is 12.9. The van der Waals surface area contributed by atoms with Gasteiger partial charge >= 0.3 is 12.4 Å². The van der Waals surface area contributed by atoms with Gasteiger partial charge in [0.05, 0.1) is 28.8 Å². The molecule has 1 amide bonds. The number of carbonyl (C=O) groups excluding carboxylic acids is 1. The maximum absolute atomic E-state index is 13.7. The largest absolute Gasteiger partial charge is 0.416 e. The number of aromatic nitrogens is 2. The highest BCUT2D eigenvalue weighted by molar-refractivity contribution is 5.95. The third-order valence-corrected chi connectivity index (χ3v) is 7.78. The van der Waals surface area contributed by atoms with Crippen molar-refractivity contribution in [3.8, 4) is 0 Å². The first-order valence-electron chi connectivity index (χ1n) is 14.4. The molecule has 2 atom stereocenters. The molecule has 6 nitrogen and oxygen atoms in total. The lowest BCUT2D eigenvalue weighted by molar-refractivity contribution is -0.143. The normalized spacial score (nSPS) is 17.7. The van der Waals surface area contributed by atoms with Crippen molar-refractivity contribution in [1.82, 2.24) is 14.5 Å². The molecule has 1 aromatic heterocycles. The SMILES string of the molecule is CCOCCn1c(N[C@H]2CCN(C(=O)c3cc(C(F)(F)F)cc(C(F)(F)F)c3)[C@H](Cc3ccccc3)C2)nc2ccccc21. The lowest BCUT2D eigenvalue weighted by Crippen LogP contribution is -2.50.